The highest BCUT2D eigenvalue weighted by Crippen LogP contribution is 2.17. The summed E-state index contributed by atoms with van der Waals surface area (Å²) in [6.45, 7) is 2.17. The van der Waals surface area contributed by atoms with Gasteiger partial charge in [-0.1, -0.05) is 0 Å². The minimum absolute atomic E-state index is 0.997. The lowest BCUT2D eigenvalue weighted by Crippen LogP contribution is -1.83. The number of hydrogen-bond donors (Lipinski definition) is 1. The molecule has 0 aliphatic rings. The Morgan fingerprint density at radius 3 is 2.90 bits per heavy atom. The fourth-order valence-electron chi connectivity index (χ4n) is 0.900. The SMILES string of the molecule is Cc1ccsc1CCCS. The molecule has 0 fully saturated rings. The first-order valence-corrected chi connectivity index (χ1v) is 4.99. The third-order valence-electron chi connectivity index (χ3n) is 1.53. The van der Waals surface area contributed by atoms with Gasteiger partial charge in [0, 0.05) is 4.88 Å². The van der Waals surface area contributed by atoms with Gasteiger partial charge in [0.25, 0.3) is 0 Å². The summed E-state index contributed by atoms with van der Waals surface area (Å²) in [4.78, 5) is 1.52. The maximum atomic E-state index is 4.17. The molecule has 0 nitrogen and oxygen atoms in total. The van der Waals surface area contributed by atoms with Crippen LogP contribution in [-0.4, -0.2) is 5.75 Å². The summed E-state index contributed by atoms with van der Waals surface area (Å²) in [5, 5.41) is 2.16. The Balaban J connectivity index is 2.49. The maximum Gasteiger partial charge on any atom is 0.00746 e. The van der Waals surface area contributed by atoms with Crippen molar-refractivity contribution in [3.8, 4) is 0 Å². The summed E-state index contributed by atoms with van der Waals surface area (Å²) in [6, 6.07) is 2.18. The van der Waals surface area contributed by atoms with E-state index in [4.69, 9.17) is 0 Å². The molecule has 0 aromatic carbocycles. The summed E-state index contributed by atoms with van der Waals surface area (Å²) >= 11 is 6.03. The van der Waals surface area contributed by atoms with Crippen molar-refractivity contribution in [2.75, 3.05) is 5.75 Å². The van der Waals surface area contributed by atoms with Crippen molar-refractivity contribution in [1.82, 2.24) is 0 Å². The lowest BCUT2D eigenvalue weighted by atomic mass is 10.2. The molecule has 0 N–H and O–H groups in total. The Morgan fingerprint density at radius 2 is 2.40 bits per heavy atom. The predicted octanol–water partition coefficient (Wildman–Crippen LogP) is 2.92. The molecule has 1 heterocycles. The van der Waals surface area contributed by atoms with E-state index in [0.29, 0.717) is 0 Å². The maximum absolute atomic E-state index is 4.17. The van der Waals surface area contributed by atoms with Gasteiger partial charge in [0.2, 0.25) is 0 Å². The van der Waals surface area contributed by atoms with Crippen molar-refractivity contribution < 1.29 is 0 Å². The molecule has 2 heteroatoms. The fourth-order valence-corrected chi connectivity index (χ4v) is 2.01. The normalized spacial score (nSPS) is 10.2. The smallest absolute Gasteiger partial charge is 0.00746 e. The van der Waals surface area contributed by atoms with Crippen LogP contribution >= 0.6 is 24.0 Å². The Hall–Kier alpha value is 0.0500. The Labute approximate surface area is 71.7 Å². The highest BCUT2D eigenvalue weighted by Gasteiger charge is 1.96. The average molecular weight is 172 g/mol. The molecule has 0 aliphatic heterocycles. The van der Waals surface area contributed by atoms with Crippen LogP contribution in [0.2, 0.25) is 0 Å². The molecule has 0 unspecified atom stereocenters. The lowest BCUT2D eigenvalue weighted by molar-refractivity contribution is 0.947. The van der Waals surface area contributed by atoms with Crippen LogP contribution in [0, 0.1) is 6.92 Å². The molecule has 0 saturated carbocycles. The van der Waals surface area contributed by atoms with Gasteiger partial charge in [0.15, 0.2) is 0 Å². The third-order valence-corrected chi connectivity index (χ3v) is 2.93. The molecule has 1 aromatic heterocycles. The molecule has 0 bridgehead atoms. The zero-order chi connectivity index (χ0) is 7.40. The zero-order valence-corrected chi connectivity index (χ0v) is 7.84. The van der Waals surface area contributed by atoms with E-state index in [1.165, 1.54) is 23.3 Å². The molecular weight excluding hydrogens is 160 g/mol. The predicted molar refractivity (Wildman–Crippen MR) is 51.2 cm³/mol. The van der Waals surface area contributed by atoms with E-state index >= 15 is 0 Å². The van der Waals surface area contributed by atoms with Crippen LogP contribution in [-0.2, 0) is 6.42 Å². The van der Waals surface area contributed by atoms with Crippen LogP contribution in [0.15, 0.2) is 11.4 Å². The van der Waals surface area contributed by atoms with Crippen molar-refractivity contribution in [2.24, 2.45) is 0 Å². The zero-order valence-electron chi connectivity index (χ0n) is 6.13. The minimum Gasteiger partial charge on any atom is -0.179 e. The van der Waals surface area contributed by atoms with Crippen molar-refractivity contribution in [3.05, 3.63) is 21.9 Å². The van der Waals surface area contributed by atoms with Crippen LogP contribution in [0.25, 0.3) is 0 Å². The summed E-state index contributed by atoms with van der Waals surface area (Å²) in [5.74, 6) is 0.997. The average Bonchev–Trinajstić information content (AvgIpc) is 2.31. The first-order chi connectivity index (χ1) is 4.84. The van der Waals surface area contributed by atoms with Crippen LogP contribution in [0.1, 0.15) is 16.9 Å². The van der Waals surface area contributed by atoms with E-state index in [-0.39, 0.29) is 0 Å². The van der Waals surface area contributed by atoms with E-state index in [1.807, 2.05) is 11.3 Å². The van der Waals surface area contributed by atoms with E-state index in [0.717, 1.165) is 5.75 Å². The molecule has 0 amide bonds. The highest BCUT2D eigenvalue weighted by atomic mass is 32.1. The van der Waals surface area contributed by atoms with Crippen LogP contribution in [0.4, 0.5) is 0 Å². The second-order valence-electron chi connectivity index (χ2n) is 2.35. The molecule has 10 heavy (non-hydrogen) atoms. The van der Waals surface area contributed by atoms with Gasteiger partial charge in [-0.2, -0.15) is 12.6 Å². The van der Waals surface area contributed by atoms with Crippen molar-refractivity contribution in [3.63, 3.8) is 0 Å². The summed E-state index contributed by atoms with van der Waals surface area (Å²) < 4.78 is 0. The largest absolute Gasteiger partial charge is 0.179 e. The standard InChI is InChI=1S/C8H12S2/c1-7-4-6-10-8(7)3-2-5-9/h4,6,9H,2-3,5H2,1H3. The van der Waals surface area contributed by atoms with Gasteiger partial charge in [-0.15, -0.1) is 11.3 Å². The van der Waals surface area contributed by atoms with E-state index in [2.05, 4.69) is 31.0 Å². The second-order valence-corrected chi connectivity index (χ2v) is 3.80. The van der Waals surface area contributed by atoms with E-state index in [1.54, 1.807) is 0 Å². The topological polar surface area (TPSA) is 0 Å². The molecule has 0 saturated heterocycles. The van der Waals surface area contributed by atoms with Gasteiger partial charge in [0.1, 0.15) is 0 Å². The second kappa shape index (κ2) is 4.04. The van der Waals surface area contributed by atoms with Crippen molar-refractivity contribution in [1.29, 1.82) is 0 Å². The molecule has 1 rings (SSSR count). The highest BCUT2D eigenvalue weighted by molar-refractivity contribution is 7.80. The summed E-state index contributed by atoms with van der Waals surface area (Å²) in [5.41, 5.74) is 1.44. The van der Waals surface area contributed by atoms with Crippen LogP contribution in [0.5, 0.6) is 0 Å². The Bertz CT molecular complexity index is 191. The van der Waals surface area contributed by atoms with Gasteiger partial charge in [0.05, 0.1) is 0 Å². The van der Waals surface area contributed by atoms with Crippen molar-refractivity contribution >= 4 is 24.0 Å². The first-order valence-electron chi connectivity index (χ1n) is 3.48. The van der Waals surface area contributed by atoms with Gasteiger partial charge >= 0.3 is 0 Å². The fraction of sp³-hybridized carbons (Fsp3) is 0.500. The molecule has 0 atom stereocenters. The molecule has 1 aromatic rings. The number of thiophene rings is 1. The van der Waals surface area contributed by atoms with Crippen LogP contribution in [0.3, 0.4) is 0 Å². The molecule has 56 valence electrons. The quantitative estimate of drug-likeness (QED) is 0.666. The van der Waals surface area contributed by atoms with Gasteiger partial charge < -0.3 is 0 Å². The van der Waals surface area contributed by atoms with Gasteiger partial charge in [-0.05, 0) is 42.5 Å². The van der Waals surface area contributed by atoms with Crippen molar-refractivity contribution in [2.45, 2.75) is 19.8 Å². The van der Waals surface area contributed by atoms with Crippen LogP contribution < -0.4 is 0 Å². The number of thiol groups is 1. The number of rotatable bonds is 3. The molecule has 0 spiro atoms. The minimum atomic E-state index is 0.997. The van der Waals surface area contributed by atoms with E-state index in [9.17, 15) is 0 Å². The Kier molecular flexibility index (Phi) is 3.29. The summed E-state index contributed by atoms with van der Waals surface area (Å²) in [7, 11) is 0. The van der Waals surface area contributed by atoms with Gasteiger partial charge in [-0.25, -0.2) is 0 Å². The third kappa shape index (κ3) is 2.03. The Morgan fingerprint density at radius 1 is 1.60 bits per heavy atom. The monoisotopic (exact) mass is 172 g/mol. The summed E-state index contributed by atoms with van der Waals surface area (Å²) in [6.07, 6.45) is 2.40. The lowest BCUT2D eigenvalue weighted by Gasteiger charge is -1.94. The molecule has 0 radical (unpaired) electrons. The number of hydrogen-bond acceptors (Lipinski definition) is 2. The molecular formula is C8H12S2. The van der Waals surface area contributed by atoms with Gasteiger partial charge in [-0.3, -0.25) is 0 Å². The van der Waals surface area contributed by atoms with E-state index < -0.39 is 0 Å². The molecule has 0 aliphatic carbocycles. The first kappa shape index (κ1) is 8.15. The number of aryl methyl sites for hydroxylation is 2.